The molecule has 0 amide bonds. The molecule has 0 saturated carbocycles. The average Bonchev–Trinajstić information content (AvgIpc) is 3.14. The number of aryl methyl sites for hydroxylation is 1. The largest absolute Gasteiger partial charge is 0.497 e. The van der Waals surface area contributed by atoms with Crippen molar-refractivity contribution in [1.29, 1.82) is 0 Å². The zero-order valence-electron chi connectivity index (χ0n) is 15.9. The van der Waals surface area contributed by atoms with Crippen molar-refractivity contribution in [1.82, 2.24) is 14.6 Å². The van der Waals surface area contributed by atoms with Crippen LogP contribution in [0.2, 0.25) is 0 Å². The van der Waals surface area contributed by atoms with Crippen molar-refractivity contribution in [3.8, 4) is 5.75 Å². The second-order valence-corrected chi connectivity index (χ2v) is 7.69. The predicted octanol–water partition coefficient (Wildman–Crippen LogP) is 4.95. The van der Waals surface area contributed by atoms with E-state index in [9.17, 15) is 4.79 Å². The van der Waals surface area contributed by atoms with E-state index in [4.69, 9.17) is 4.74 Å². The van der Waals surface area contributed by atoms with E-state index >= 15 is 0 Å². The van der Waals surface area contributed by atoms with Gasteiger partial charge in [-0.2, -0.15) is 0 Å². The van der Waals surface area contributed by atoms with E-state index in [1.54, 1.807) is 18.9 Å². The van der Waals surface area contributed by atoms with E-state index < -0.39 is 0 Å². The van der Waals surface area contributed by atoms with Crippen molar-refractivity contribution in [2.24, 2.45) is 0 Å². The van der Waals surface area contributed by atoms with E-state index in [2.05, 4.69) is 27.6 Å². The van der Waals surface area contributed by atoms with Gasteiger partial charge in [0, 0.05) is 29.2 Å². The van der Waals surface area contributed by atoms with Gasteiger partial charge in [0.25, 0.3) is 0 Å². The molecular formula is C22H21N3O2S. The zero-order valence-corrected chi connectivity index (χ0v) is 16.7. The smallest absolute Gasteiger partial charge is 0.196 e. The van der Waals surface area contributed by atoms with Crippen LogP contribution in [0.25, 0.3) is 16.6 Å². The summed E-state index contributed by atoms with van der Waals surface area (Å²) in [7, 11) is 1.67. The van der Waals surface area contributed by atoms with E-state index in [-0.39, 0.29) is 5.78 Å². The molecule has 0 aliphatic heterocycles. The minimum atomic E-state index is 0.179. The lowest BCUT2D eigenvalue weighted by molar-refractivity contribution is 0.0982. The van der Waals surface area contributed by atoms with Crippen LogP contribution >= 0.6 is 11.8 Å². The molecule has 4 rings (SSSR count). The van der Waals surface area contributed by atoms with Crippen molar-refractivity contribution >= 4 is 34.1 Å². The number of ketones is 1. The first kappa shape index (κ1) is 18.5. The maximum Gasteiger partial charge on any atom is 0.196 e. The SMILES string of the molecule is COc1ccc2c(C)cc3nnc(SCCCC(=O)c4ccccc4)n3c2c1. The fraction of sp³-hybridized carbons (Fsp3) is 0.227. The van der Waals surface area contributed by atoms with Crippen LogP contribution < -0.4 is 4.74 Å². The van der Waals surface area contributed by atoms with E-state index in [0.29, 0.717) is 6.42 Å². The Hall–Kier alpha value is -2.86. The molecule has 0 spiro atoms. The molecule has 2 aromatic carbocycles. The molecule has 0 aliphatic rings. The van der Waals surface area contributed by atoms with Gasteiger partial charge in [-0.1, -0.05) is 42.1 Å². The zero-order chi connectivity index (χ0) is 19.5. The number of Topliss-reactive ketones (excluding diaryl/α,β-unsaturated/α-hetero) is 1. The van der Waals surface area contributed by atoms with Crippen LogP contribution in [0.15, 0.2) is 59.8 Å². The lowest BCUT2D eigenvalue weighted by Gasteiger charge is -2.09. The van der Waals surface area contributed by atoms with Gasteiger partial charge in [-0.05, 0) is 37.1 Å². The topological polar surface area (TPSA) is 56.5 Å². The number of methoxy groups -OCH3 is 1. The van der Waals surface area contributed by atoms with Crippen LogP contribution in [0, 0.1) is 6.92 Å². The highest BCUT2D eigenvalue weighted by atomic mass is 32.2. The fourth-order valence-corrected chi connectivity index (χ4v) is 4.18. The summed E-state index contributed by atoms with van der Waals surface area (Å²) in [5, 5.41) is 10.7. The van der Waals surface area contributed by atoms with E-state index in [0.717, 1.165) is 50.8 Å². The second kappa shape index (κ2) is 8.02. The molecule has 0 N–H and O–H groups in total. The minimum Gasteiger partial charge on any atom is -0.497 e. The number of thioether (sulfide) groups is 1. The van der Waals surface area contributed by atoms with Crippen LogP contribution in [0.1, 0.15) is 28.8 Å². The van der Waals surface area contributed by atoms with Crippen molar-refractivity contribution in [3.05, 3.63) is 65.7 Å². The molecule has 0 fully saturated rings. The lowest BCUT2D eigenvalue weighted by Crippen LogP contribution is -1.99. The molecule has 0 aliphatic carbocycles. The summed E-state index contributed by atoms with van der Waals surface area (Å²) >= 11 is 1.62. The molecular weight excluding hydrogens is 370 g/mol. The number of benzene rings is 2. The average molecular weight is 391 g/mol. The molecule has 0 bridgehead atoms. The lowest BCUT2D eigenvalue weighted by atomic mass is 10.1. The van der Waals surface area contributed by atoms with E-state index in [1.165, 1.54) is 0 Å². The number of nitrogens with zero attached hydrogens (tertiary/aromatic N) is 3. The van der Waals surface area contributed by atoms with Crippen LogP contribution in [0.4, 0.5) is 0 Å². The third-order valence-corrected chi connectivity index (χ3v) is 5.76. The molecule has 0 radical (unpaired) electrons. The molecule has 5 nitrogen and oxygen atoms in total. The van der Waals surface area contributed by atoms with Gasteiger partial charge in [0.1, 0.15) is 5.75 Å². The van der Waals surface area contributed by atoms with Gasteiger partial charge in [0.2, 0.25) is 0 Å². The Kier molecular flexibility index (Phi) is 5.30. The Morgan fingerprint density at radius 3 is 2.71 bits per heavy atom. The van der Waals surface area contributed by atoms with Crippen molar-refractivity contribution < 1.29 is 9.53 Å². The quantitative estimate of drug-likeness (QED) is 0.253. The van der Waals surface area contributed by atoms with Gasteiger partial charge in [-0.3, -0.25) is 9.20 Å². The number of ether oxygens (including phenoxy) is 1. The highest BCUT2D eigenvalue weighted by Gasteiger charge is 2.13. The molecule has 6 heteroatoms. The summed E-state index contributed by atoms with van der Waals surface area (Å²) in [5.41, 5.74) is 3.78. The molecule has 0 unspecified atom stereocenters. The van der Waals surface area contributed by atoms with Crippen LogP contribution in [0.3, 0.4) is 0 Å². The first-order valence-electron chi connectivity index (χ1n) is 9.21. The minimum absolute atomic E-state index is 0.179. The summed E-state index contributed by atoms with van der Waals surface area (Å²) in [4.78, 5) is 12.2. The van der Waals surface area contributed by atoms with Crippen molar-refractivity contribution in [3.63, 3.8) is 0 Å². The first-order valence-corrected chi connectivity index (χ1v) is 10.2. The van der Waals surface area contributed by atoms with Gasteiger partial charge in [0.05, 0.1) is 12.6 Å². The molecule has 142 valence electrons. The molecule has 0 atom stereocenters. The Bertz CT molecular complexity index is 1140. The predicted molar refractivity (Wildman–Crippen MR) is 113 cm³/mol. The normalized spacial score (nSPS) is 11.2. The Labute approximate surface area is 167 Å². The molecule has 4 aromatic rings. The number of carbonyl (C=O) groups excluding carboxylic acids is 1. The van der Waals surface area contributed by atoms with E-state index in [1.807, 2.05) is 48.5 Å². The fourth-order valence-electron chi connectivity index (χ4n) is 3.29. The number of hydrogen-bond acceptors (Lipinski definition) is 5. The summed E-state index contributed by atoms with van der Waals surface area (Å²) in [5.74, 6) is 1.79. The third-order valence-electron chi connectivity index (χ3n) is 4.75. The van der Waals surface area contributed by atoms with Gasteiger partial charge in [-0.15, -0.1) is 10.2 Å². The summed E-state index contributed by atoms with van der Waals surface area (Å²) in [6, 6.07) is 17.5. The van der Waals surface area contributed by atoms with Crippen LogP contribution in [-0.4, -0.2) is 33.2 Å². The molecule has 2 heterocycles. The maximum absolute atomic E-state index is 12.2. The molecule has 0 saturated heterocycles. The number of aromatic nitrogens is 3. The Balaban J connectivity index is 1.53. The van der Waals surface area contributed by atoms with Gasteiger partial charge in [-0.25, -0.2) is 0 Å². The highest BCUT2D eigenvalue weighted by Crippen LogP contribution is 2.29. The summed E-state index contributed by atoms with van der Waals surface area (Å²) in [6.45, 7) is 2.07. The second-order valence-electron chi connectivity index (χ2n) is 6.63. The van der Waals surface area contributed by atoms with Gasteiger partial charge >= 0.3 is 0 Å². The molecule has 2 aromatic heterocycles. The number of rotatable bonds is 7. The standard InChI is InChI=1S/C22H21N3O2S/c1-15-13-21-23-24-22(25(21)19-14-17(27-2)10-11-18(15)19)28-12-6-9-20(26)16-7-4-3-5-8-16/h3-5,7-8,10-11,13-14H,6,9,12H2,1-2H3. The van der Waals surface area contributed by atoms with Crippen molar-refractivity contribution in [2.75, 3.05) is 12.9 Å². The first-order chi connectivity index (χ1) is 13.7. The molecule has 28 heavy (non-hydrogen) atoms. The summed E-state index contributed by atoms with van der Waals surface area (Å²) < 4.78 is 7.46. The monoisotopic (exact) mass is 391 g/mol. The van der Waals surface area contributed by atoms with Gasteiger partial charge < -0.3 is 4.74 Å². The Morgan fingerprint density at radius 1 is 1.11 bits per heavy atom. The highest BCUT2D eigenvalue weighted by molar-refractivity contribution is 7.99. The van der Waals surface area contributed by atoms with Crippen molar-refractivity contribution in [2.45, 2.75) is 24.9 Å². The van der Waals surface area contributed by atoms with Crippen LogP contribution in [-0.2, 0) is 0 Å². The number of pyridine rings is 1. The Morgan fingerprint density at radius 2 is 1.93 bits per heavy atom. The third kappa shape index (κ3) is 3.60. The maximum atomic E-state index is 12.2. The summed E-state index contributed by atoms with van der Waals surface area (Å²) in [6.07, 6.45) is 1.32. The number of carbonyl (C=O) groups is 1. The number of fused-ring (bicyclic) bond motifs is 3. The van der Waals surface area contributed by atoms with Gasteiger partial charge in [0.15, 0.2) is 16.6 Å². The number of hydrogen-bond donors (Lipinski definition) is 0. The van der Waals surface area contributed by atoms with Crippen LogP contribution in [0.5, 0.6) is 5.75 Å².